The molecule has 0 spiro atoms. The van der Waals surface area contributed by atoms with E-state index in [1.165, 1.54) is 0 Å². The first-order valence-electron chi connectivity index (χ1n) is 11.4. The summed E-state index contributed by atoms with van der Waals surface area (Å²) in [6.07, 6.45) is 5.43. The van der Waals surface area contributed by atoms with Gasteiger partial charge in [0.2, 0.25) is 0 Å². The van der Waals surface area contributed by atoms with E-state index in [2.05, 4.69) is 24.7 Å². The van der Waals surface area contributed by atoms with E-state index in [0.717, 1.165) is 29.1 Å². The average molecular weight is 562 g/mol. The van der Waals surface area contributed by atoms with E-state index in [4.69, 9.17) is 27.9 Å². The van der Waals surface area contributed by atoms with E-state index in [1.54, 1.807) is 30.3 Å². The number of carbonyl (C=O) groups is 1. The highest BCUT2D eigenvalue weighted by Gasteiger charge is 2.30. The van der Waals surface area contributed by atoms with Gasteiger partial charge in [0.1, 0.15) is 18.6 Å². The fourth-order valence-electron chi connectivity index (χ4n) is 3.06. The van der Waals surface area contributed by atoms with Gasteiger partial charge >= 0.3 is 6.18 Å². The number of anilines is 1. The van der Waals surface area contributed by atoms with Crippen LogP contribution in [-0.4, -0.2) is 19.1 Å². The van der Waals surface area contributed by atoms with Gasteiger partial charge < -0.3 is 14.8 Å². The highest BCUT2D eigenvalue weighted by atomic mass is 35.5. The van der Waals surface area contributed by atoms with Crippen molar-refractivity contribution in [2.75, 3.05) is 11.9 Å². The molecule has 38 heavy (non-hydrogen) atoms. The summed E-state index contributed by atoms with van der Waals surface area (Å²) in [6.45, 7) is 6.87. The summed E-state index contributed by atoms with van der Waals surface area (Å²) in [7, 11) is 0. The van der Waals surface area contributed by atoms with Gasteiger partial charge in [-0.3, -0.25) is 0 Å². The predicted octanol–water partition coefficient (Wildman–Crippen LogP) is 9.17. The van der Waals surface area contributed by atoms with Crippen molar-refractivity contribution in [1.82, 2.24) is 0 Å². The van der Waals surface area contributed by atoms with Crippen LogP contribution in [0.3, 0.4) is 0 Å². The van der Waals surface area contributed by atoms with Crippen molar-refractivity contribution in [1.29, 1.82) is 0 Å². The van der Waals surface area contributed by atoms with Crippen LogP contribution in [0.2, 0.25) is 10.0 Å². The molecule has 8 heteroatoms. The van der Waals surface area contributed by atoms with Crippen LogP contribution in [0.4, 0.5) is 18.9 Å². The van der Waals surface area contributed by atoms with Gasteiger partial charge in [-0.1, -0.05) is 86.1 Å². The number of nitrogens with one attached hydrogen (secondary N) is 1. The maximum absolute atomic E-state index is 13.1. The number of carbonyl (C=O) groups excluding carboxylic acids is 1. The van der Waals surface area contributed by atoms with E-state index in [1.807, 2.05) is 50.2 Å². The Bertz CT molecular complexity index is 1230. The first kappa shape index (κ1) is 32.4. The monoisotopic (exact) mass is 561 g/mol. The Labute approximate surface area is 231 Å². The lowest BCUT2D eigenvalue weighted by molar-refractivity contribution is -0.107. The fourth-order valence-corrected chi connectivity index (χ4v) is 3.55. The number of para-hydroxylation sites is 1. The molecule has 0 heterocycles. The first-order chi connectivity index (χ1) is 18.2. The fraction of sp³-hybridized carbons (Fsp3) is 0.167. The van der Waals surface area contributed by atoms with Crippen molar-refractivity contribution in [3.05, 3.63) is 106 Å². The molecule has 3 rings (SSSR count). The Morgan fingerprint density at radius 2 is 1.55 bits per heavy atom. The molecule has 0 amide bonds. The molecule has 0 radical (unpaired) electrons. The number of rotatable bonds is 9. The van der Waals surface area contributed by atoms with Crippen LogP contribution >= 0.6 is 23.2 Å². The molecule has 0 atom stereocenters. The SMILES string of the molecule is C#C.C=C(/C=C(/COc1ccc(-c2cccc(CC=O)c2)cc1)Nc1c(Cl)cccc1Cl)C(F)(F)F.CC. The Hall–Kier alpha value is -3.66. The number of aldehydes is 1. The minimum Gasteiger partial charge on any atom is -0.487 e. The predicted molar refractivity (Wildman–Crippen MR) is 152 cm³/mol. The van der Waals surface area contributed by atoms with Crippen molar-refractivity contribution in [3.63, 3.8) is 0 Å². The van der Waals surface area contributed by atoms with Crippen LogP contribution in [0.25, 0.3) is 11.1 Å². The largest absolute Gasteiger partial charge is 0.487 e. The van der Waals surface area contributed by atoms with Gasteiger partial charge in [-0.2, -0.15) is 13.2 Å². The van der Waals surface area contributed by atoms with E-state index >= 15 is 0 Å². The number of benzene rings is 3. The standard InChI is InChI=1S/C26H20Cl2F3NO2.C2H6.C2H2/c1-17(26(29,30)31)14-21(32-25-23(27)6-3-7-24(25)28)16-34-22-10-8-19(9-11-22)20-5-2-4-18(15-20)12-13-33;2*1-2/h2-11,13-15,32H,1,12,16H2;1-2H3;1-2H/b21-14-;;. The van der Waals surface area contributed by atoms with Crippen molar-refractivity contribution in [3.8, 4) is 29.7 Å². The lowest BCUT2D eigenvalue weighted by Crippen LogP contribution is -2.15. The maximum atomic E-state index is 13.1. The number of hydrogen-bond donors (Lipinski definition) is 1. The third-order valence-corrected chi connectivity index (χ3v) is 5.42. The molecule has 0 aliphatic heterocycles. The highest BCUT2D eigenvalue weighted by molar-refractivity contribution is 6.39. The summed E-state index contributed by atoms with van der Waals surface area (Å²) < 4.78 is 44.9. The maximum Gasteiger partial charge on any atom is 0.415 e. The molecule has 3 aromatic rings. The van der Waals surface area contributed by atoms with Gasteiger partial charge in [-0.25, -0.2) is 0 Å². The molecule has 3 aromatic carbocycles. The van der Waals surface area contributed by atoms with Crippen molar-refractivity contribution >= 4 is 35.2 Å². The van der Waals surface area contributed by atoms with Crippen LogP contribution in [0.5, 0.6) is 5.75 Å². The molecule has 0 fully saturated rings. The summed E-state index contributed by atoms with van der Waals surface area (Å²) in [5, 5.41) is 3.32. The zero-order chi connectivity index (χ0) is 28.7. The molecule has 200 valence electrons. The molecule has 0 unspecified atom stereocenters. The quantitative estimate of drug-likeness (QED) is 0.161. The molecule has 0 aliphatic rings. The average Bonchev–Trinajstić information content (AvgIpc) is 2.91. The number of allylic oxidation sites excluding steroid dienone is 2. The van der Waals surface area contributed by atoms with Gasteiger partial charge in [-0.05, 0) is 47.0 Å². The number of ether oxygens (including phenoxy) is 1. The lowest BCUT2D eigenvalue weighted by Gasteiger charge is -2.16. The molecule has 0 aromatic heterocycles. The van der Waals surface area contributed by atoms with Gasteiger partial charge in [-0.15, -0.1) is 12.8 Å². The first-order valence-corrected chi connectivity index (χ1v) is 12.2. The molecular weight excluding hydrogens is 534 g/mol. The van der Waals surface area contributed by atoms with Crippen LogP contribution in [0.15, 0.2) is 90.7 Å². The Balaban J connectivity index is 0.00000172. The lowest BCUT2D eigenvalue weighted by atomic mass is 10.0. The van der Waals surface area contributed by atoms with Gasteiger partial charge in [0.15, 0.2) is 0 Å². The molecule has 0 saturated carbocycles. The van der Waals surface area contributed by atoms with Crippen molar-refractivity contribution < 1.29 is 22.7 Å². The third kappa shape index (κ3) is 10.0. The van der Waals surface area contributed by atoms with Crippen LogP contribution in [-0.2, 0) is 11.2 Å². The Morgan fingerprint density at radius 1 is 0.974 bits per heavy atom. The zero-order valence-electron chi connectivity index (χ0n) is 21.0. The Morgan fingerprint density at radius 3 is 2.11 bits per heavy atom. The van der Waals surface area contributed by atoms with E-state index in [9.17, 15) is 18.0 Å². The number of terminal acetylenes is 1. The number of alkyl halides is 3. The minimum atomic E-state index is -4.60. The van der Waals surface area contributed by atoms with Crippen molar-refractivity contribution in [2.45, 2.75) is 26.4 Å². The summed E-state index contributed by atoms with van der Waals surface area (Å²) in [5.74, 6) is 0.448. The number of hydrogen-bond acceptors (Lipinski definition) is 3. The summed E-state index contributed by atoms with van der Waals surface area (Å²) in [5.41, 5.74) is 2.03. The van der Waals surface area contributed by atoms with Gasteiger partial charge in [0, 0.05) is 6.42 Å². The van der Waals surface area contributed by atoms with Crippen LogP contribution < -0.4 is 10.1 Å². The molecule has 0 saturated heterocycles. The smallest absolute Gasteiger partial charge is 0.415 e. The topological polar surface area (TPSA) is 38.3 Å². The molecule has 3 nitrogen and oxygen atoms in total. The summed E-state index contributed by atoms with van der Waals surface area (Å²) in [6, 6.07) is 19.4. The molecule has 1 N–H and O–H groups in total. The normalized spacial score (nSPS) is 10.7. The second kappa shape index (κ2) is 16.2. The van der Waals surface area contributed by atoms with E-state index < -0.39 is 11.7 Å². The third-order valence-electron chi connectivity index (χ3n) is 4.79. The second-order valence-corrected chi connectivity index (χ2v) is 8.11. The van der Waals surface area contributed by atoms with Gasteiger partial charge in [0.05, 0.1) is 27.0 Å². The molecular formula is C30H28Cl2F3NO2. The van der Waals surface area contributed by atoms with E-state index in [-0.39, 0.29) is 28.0 Å². The van der Waals surface area contributed by atoms with Crippen LogP contribution in [0.1, 0.15) is 19.4 Å². The highest BCUT2D eigenvalue weighted by Crippen LogP contribution is 2.32. The Kier molecular flexibility index (Phi) is 13.8. The van der Waals surface area contributed by atoms with E-state index in [0.29, 0.717) is 12.2 Å². The van der Waals surface area contributed by atoms with Crippen molar-refractivity contribution in [2.24, 2.45) is 0 Å². The molecule has 0 bridgehead atoms. The van der Waals surface area contributed by atoms with Crippen LogP contribution in [0, 0.1) is 12.8 Å². The zero-order valence-corrected chi connectivity index (χ0v) is 22.5. The minimum absolute atomic E-state index is 0.0722. The number of halogens is 5. The molecule has 0 aliphatic carbocycles. The second-order valence-electron chi connectivity index (χ2n) is 7.30. The summed E-state index contributed by atoms with van der Waals surface area (Å²) >= 11 is 12.3. The van der Waals surface area contributed by atoms with Gasteiger partial charge in [0.25, 0.3) is 0 Å². The summed E-state index contributed by atoms with van der Waals surface area (Å²) in [4.78, 5) is 10.8.